The fourth-order valence-electron chi connectivity index (χ4n) is 6.77. The minimum Gasteiger partial charge on any atom is -0.370 e. The fraction of sp³-hybridized carbons (Fsp3) is 0.480. The summed E-state index contributed by atoms with van der Waals surface area (Å²) in [7, 11) is 0. The molecule has 6 nitrogen and oxygen atoms in total. The second-order valence-corrected chi connectivity index (χ2v) is 9.76. The molecule has 4 atom stereocenters. The number of nitrogens with zero attached hydrogens (tertiary/aromatic N) is 2. The van der Waals surface area contributed by atoms with E-state index in [1.165, 1.54) is 92.7 Å². The molecule has 0 radical (unpaired) electrons. The monoisotopic (exact) mass is 417 g/mol. The van der Waals surface area contributed by atoms with Crippen molar-refractivity contribution < 1.29 is 9.72 Å². The summed E-state index contributed by atoms with van der Waals surface area (Å²) in [6.07, 6.45) is 7.71. The number of hydrogen-bond acceptors (Lipinski definition) is 4. The Kier molecular flexibility index (Phi) is 4.30. The smallest absolute Gasteiger partial charge is 0.269 e. The third-order valence-electron chi connectivity index (χ3n) is 8.11. The van der Waals surface area contributed by atoms with Crippen molar-refractivity contribution in [3.63, 3.8) is 0 Å². The van der Waals surface area contributed by atoms with Crippen LogP contribution >= 0.6 is 0 Å². The number of anilines is 2. The second kappa shape index (κ2) is 7.08. The lowest BCUT2D eigenvalue weighted by atomic mass is 9.75. The number of benzene rings is 2. The predicted molar refractivity (Wildman–Crippen MR) is 120 cm³/mol. The molecular weight excluding hydrogens is 390 g/mol. The minimum atomic E-state index is -0.447. The lowest BCUT2D eigenvalue weighted by Gasteiger charge is -2.46. The van der Waals surface area contributed by atoms with Crippen LogP contribution in [0.15, 0.2) is 36.4 Å². The molecule has 2 aromatic rings. The molecule has 2 aliphatic carbocycles. The van der Waals surface area contributed by atoms with Gasteiger partial charge in [0.1, 0.15) is 0 Å². The molecule has 2 fully saturated rings. The van der Waals surface area contributed by atoms with Gasteiger partial charge in [-0.3, -0.25) is 14.9 Å². The summed E-state index contributed by atoms with van der Waals surface area (Å²) in [5.74, 6) is 2.48. The Morgan fingerprint density at radius 1 is 0.935 bits per heavy atom. The molecule has 1 amide bonds. The Hall–Kier alpha value is -2.89. The van der Waals surface area contributed by atoms with Crippen LogP contribution in [0.5, 0.6) is 0 Å². The summed E-state index contributed by atoms with van der Waals surface area (Å²) in [6, 6.07) is 10.2. The molecule has 2 heterocycles. The van der Waals surface area contributed by atoms with Crippen LogP contribution in [0, 0.1) is 22.0 Å². The van der Waals surface area contributed by atoms with Crippen molar-refractivity contribution in [3.8, 4) is 0 Å². The maximum absolute atomic E-state index is 12.9. The first kappa shape index (κ1) is 18.8. The average Bonchev–Trinajstić information content (AvgIpc) is 3.43. The van der Waals surface area contributed by atoms with Gasteiger partial charge in [0.05, 0.1) is 4.92 Å². The fourth-order valence-corrected chi connectivity index (χ4v) is 6.77. The van der Waals surface area contributed by atoms with Crippen molar-refractivity contribution in [1.82, 2.24) is 0 Å². The minimum absolute atomic E-state index is 0.00518. The van der Waals surface area contributed by atoms with Gasteiger partial charge in [0.25, 0.3) is 11.6 Å². The van der Waals surface area contributed by atoms with Gasteiger partial charge in [0.15, 0.2) is 0 Å². The topological polar surface area (TPSA) is 75.5 Å². The van der Waals surface area contributed by atoms with E-state index < -0.39 is 4.92 Å². The van der Waals surface area contributed by atoms with E-state index in [0.717, 1.165) is 17.5 Å². The molecule has 6 rings (SSSR count). The molecule has 2 aromatic carbocycles. The van der Waals surface area contributed by atoms with Crippen molar-refractivity contribution in [3.05, 3.63) is 63.2 Å². The zero-order chi connectivity index (χ0) is 21.1. The Morgan fingerprint density at radius 2 is 1.52 bits per heavy atom. The number of hydrogen-bond donors (Lipinski definition) is 1. The van der Waals surface area contributed by atoms with Crippen LogP contribution < -0.4 is 10.2 Å². The van der Waals surface area contributed by atoms with Gasteiger partial charge in [-0.1, -0.05) is 12.8 Å². The van der Waals surface area contributed by atoms with Crippen LogP contribution in [-0.2, 0) is 0 Å². The molecule has 160 valence electrons. The Bertz CT molecular complexity index is 1020. The number of nitro groups is 1. The van der Waals surface area contributed by atoms with Gasteiger partial charge < -0.3 is 10.2 Å². The number of amides is 1. The van der Waals surface area contributed by atoms with Crippen LogP contribution in [0.25, 0.3) is 0 Å². The van der Waals surface area contributed by atoms with Crippen LogP contribution in [0.4, 0.5) is 17.1 Å². The molecule has 2 aliphatic heterocycles. The van der Waals surface area contributed by atoms with Crippen LogP contribution in [0.3, 0.4) is 0 Å². The summed E-state index contributed by atoms with van der Waals surface area (Å²) in [5.41, 5.74) is 5.66. The van der Waals surface area contributed by atoms with E-state index in [1.54, 1.807) is 0 Å². The first-order chi connectivity index (χ1) is 15.1. The Morgan fingerprint density at radius 3 is 2.06 bits per heavy atom. The molecule has 0 unspecified atom stereocenters. The van der Waals surface area contributed by atoms with Gasteiger partial charge in [-0.2, -0.15) is 0 Å². The average molecular weight is 418 g/mol. The maximum Gasteiger partial charge on any atom is 0.269 e. The Labute approximate surface area is 181 Å². The van der Waals surface area contributed by atoms with Gasteiger partial charge in [0, 0.05) is 42.2 Å². The van der Waals surface area contributed by atoms with Crippen molar-refractivity contribution >= 4 is 23.0 Å². The number of rotatable bonds is 3. The normalized spacial score (nSPS) is 27.9. The van der Waals surface area contributed by atoms with Crippen LogP contribution in [-0.4, -0.2) is 23.9 Å². The van der Waals surface area contributed by atoms with Crippen LogP contribution in [0.2, 0.25) is 0 Å². The van der Waals surface area contributed by atoms with E-state index in [4.69, 9.17) is 0 Å². The van der Waals surface area contributed by atoms with Crippen molar-refractivity contribution in [2.24, 2.45) is 11.8 Å². The quantitative estimate of drug-likeness (QED) is 0.532. The number of nitro benzene ring substituents is 1. The first-order valence-corrected chi connectivity index (χ1v) is 11.6. The van der Waals surface area contributed by atoms with E-state index in [9.17, 15) is 14.9 Å². The van der Waals surface area contributed by atoms with Crippen LogP contribution in [0.1, 0.15) is 71.8 Å². The summed E-state index contributed by atoms with van der Waals surface area (Å²) < 4.78 is 0. The largest absolute Gasteiger partial charge is 0.370 e. The molecule has 4 aliphatic rings. The summed E-state index contributed by atoms with van der Waals surface area (Å²) in [5, 5.41) is 14.0. The predicted octanol–water partition coefficient (Wildman–Crippen LogP) is 5.45. The van der Waals surface area contributed by atoms with Crippen molar-refractivity contribution in [2.45, 2.75) is 50.4 Å². The molecule has 6 heteroatoms. The van der Waals surface area contributed by atoms with E-state index in [0.29, 0.717) is 17.4 Å². The molecule has 0 saturated heterocycles. The first-order valence-electron chi connectivity index (χ1n) is 11.6. The van der Waals surface area contributed by atoms with E-state index in [1.807, 2.05) is 0 Å². The highest BCUT2D eigenvalue weighted by Crippen LogP contribution is 2.56. The maximum atomic E-state index is 12.9. The zero-order valence-electron chi connectivity index (χ0n) is 17.5. The second-order valence-electron chi connectivity index (χ2n) is 9.76. The molecule has 0 spiro atoms. The lowest BCUT2D eigenvalue weighted by molar-refractivity contribution is -0.384. The van der Waals surface area contributed by atoms with Crippen molar-refractivity contribution in [2.75, 3.05) is 23.3 Å². The highest BCUT2D eigenvalue weighted by molar-refractivity contribution is 6.04. The summed E-state index contributed by atoms with van der Waals surface area (Å²) in [6.45, 7) is 2.39. The SMILES string of the molecule is O=C(Nc1cc2c3c(c1)[C@@H]1CCC[C@H]1CN3C[C@H]1CCC[C@@H]21)c1ccc([N+](=O)[O-])cc1. The molecule has 31 heavy (non-hydrogen) atoms. The van der Waals surface area contributed by atoms with Gasteiger partial charge in [0.2, 0.25) is 0 Å². The number of nitrogens with one attached hydrogen (secondary N) is 1. The highest BCUT2D eigenvalue weighted by Gasteiger charge is 2.44. The molecule has 0 bridgehead atoms. The van der Waals surface area contributed by atoms with Gasteiger partial charge in [-0.25, -0.2) is 0 Å². The molecule has 2 saturated carbocycles. The standard InChI is InChI=1S/C25H27N3O3/c29-25(15-7-9-19(10-8-15)28(30)31)26-18-11-22-20-5-1-3-16(20)13-27-14-17-4-2-6-21(17)23(12-18)24(22)27/h7-12,16-17,20-21H,1-6,13-14H2,(H,26,29)/t16-,17+,20-,21-/m1/s1. The Balaban J connectivity index is 1.37. The summed E-state index contributed by atoms with van der Waals surface area (Å²) >= 11 is 0. The summed E-state index contributed by atoms with van der Waals surface area (Å²) in [4.78, 5) is 26.0. The van der Waals surface area contributed by atoms with Gasteiger partial charge >= 0.3 is 0 Å². The number of carbonyl (C=O) groups excluding carboxylic acids is 1. The number of non-ortho nitro benzene ring substituents is 1. The third kappa shape index (κ3) is 3.03. The molecule has 0 aromatic heterocycles. The lowest BCUT2D eigenvalue weighted by Crippen LogP contribution is -2.43. The number of fused-ring (bicyclic) bond motifs is 4. The van der Waals surface area contributed by atoms with Crippen molar-refractivity contribution in [1.29, 1.82) is 0 Å². The molecule has 1 N–H and O–H groups in total. The highest BCUT2D eigenvalue weighted by atomic mass is 16.6. The van der Waals surface area contributed by atoms with Gasteiger partial charge in [-0.15, -0.1) is 0 Å². The van der Waals surface area contributed by atoms with E-state index >= 15 is 0 Å². The van der Waals surface area contributed by atoms with Gasteiger partial charge in [-0.05, 0) is 84.7 Å². The third-order valence-corrected chi connectivity index (χ3v) is 8.11. The number of carbonyl (C=O) groups is 1. The molecular formula is C25H27N3O3. The zero-order valence-corrected chi connectivity index (χ0v) is 17.5. The van der Waals surface area contributed by atoms with E-state index in [-0.39, 0.29) is 11.6 Å². The van der Waals surface area contributed by atoms with E-state index in [2.05, 4.69) is 22.3 Å².